The Hall–Kier alpha value is -2.20. The quantitative estimate of drug-likeness (QED) is 0.648. The predicted octanol–water partition coefficient (Wildman–Crippen LogP) is 5.03. The van der Waals surface area contributed by atoms with E-state index in [1.165, 1.54) is 0 Å². The molecule has 4 nitrogen and oxygen atoms in total. The molecule has 25 heavy (non-hydrogen) atoms. The molecule has 0 bridgehead atoms. The maximum atomic E-state index is 12.0. The molecule has 0 aliphatic heterocycles. The third kappa shape index (κ3) is 5.98. The summed E-state index contributed by atoms with van der Waals surface area (Å²) >= 11 is 5.86. The standard InChI is InChI=1S/C20H23ClO4/c1-14(2)24-19(22)20(3,4)25-18-11-9-17(10-12-18)23-13-15-5-7-16(21)8-6-15/h5-12,14H,13H2,1-4H3. The van der Waals surface area contributed by atoms with Crippen molar-refractivity contribution in [1.82, 2.24) is 0 Å². The Morgan fingerprint density at radius 1 is 1.00 bits per heavy atom. The molecular weight excluding hydrogens is 340 g/mol. The molecule has 0 unspecified atom stereocenters. The van der Waals surface area contributed by atoms with Crippen molar-refractivity contribution in [3.05, 3.63) is 59.1 Å². The average molecular weight is 363 g/mol. The molecule has 2 aromatic carbocycles. The molecule has 134 valence electrons. The summed E-state index contributed by atoms with van der Waals surface area (Å²) in [5, 5.41) is 0.698. The van der Waals surface area contributed by atoms with E-state index in [1.54, 1.807) is 52.0 Å². The van der Waals surface area contributed by atoms with Crippen LogP contribution in [0, 0.1) is 0 Å². The lowest BCUT2D eigenvalue weighted by atomic mass is 10.1. The maximum Gasteiger partial charge on any atom is 0.350 e. The first-order valence-electron chi connectivity index (χ1n) is 8.13. The molecule has 0 saturated heterocycles. The number of carbonyl (C=O) groups is 1. The van der Waals surface area contributed by atoms with Gasteiger partial charge in [0.15, 0.2) is 5.60 Å². The van der Waals surface area contributed by atoms with Gasteiger partial charge in [0.2, 0.25) is 0 Å². The van der Waals surface area contributed by atoms with Gasteiger partial charge >= 0.3 is 5.97 Å². The smallest absolute Gasteiger partial charge is 0.350 e. The lowest BCUT2D eigenvalue weighted by molar-refractivity contribution is -0.163. The van der Waals surface area contributed by atoms with Crippen molar-refractivity contribution in [3.8, 4) is 11.5 Å². The van der Waals surface area contributed by atoms with Crippen LogP contribution in [0.1, 0.15) is 33.3 Å². The van der Waals surface area contributed by atoms with Gasteiger partial charge in [0.1, 0.15) is 18.1 Å². The molecule has 0 amide bonds. The average Bonchev–Trinajstić information content (AvgIpc) is 2.55. The Bertz CT molecular complexity index is 691. The lowest BCUT2D eigenvalue weighted by Gasteiger charge is -2.25. The highest BCUT2D eigenvalue weighted by atomic mass is 35.5. The van der Waals surface area contributed by atoms with E-state index in [0.717, 1.165) is 5.56 Å². The summed E-state index contributed by atoms with van der Waals surface area (Å²) in [4.78, 5) is 12.0. The number of ether oxygens (including phenoxy) is 3. The molecule has 0 radical (unpaired) electrons. The fourth-order valence-corrected chi connectivity index (χ4v) is 2.17. The summed E-state index contributed by atoms with van der Waals surface area (Å²) in [6.07, 6.45) is -0.181. The topological polar surface area (TPSA) is 44.8 Å². The van der Waals surface area contributed by atoms with Gasteiger partial charge in [0.05, 0.1) is 6.10 Å². The molecule has 0 aliphatic rings. The third-order valence-corrected chi connectivity index (χ3v) is 3.60. The Morgan fingerprint density at radius 2 is 1.56 bits per heavy atom. The summed E-state index contributed by atoms with van der Waals surface area (Å²) in [6, 6.07) is 14.6. The normalized spacial score (nSPS) is 11.3. The minimum atomic E-state index is -1.06. The molecule has 2 aromatic rings. The van der Waals surface area contributed by atoms with Gasteiger partial charge in [-0.15, -0.1) is 0 Å². The van der Waals surface area contributed by atoms with Crippen molar-refractivity contribution >= 4 is 17.6 Å². The van der Waals surface area contributed by atoms with Crippen LogP contribution >= 0.6 is 11.6 Å². The van der Waals surface area contributed by atoms with Crippen molar-refractivity contribution in [3.63, 3.8) is 0 Å². The first-order chi connectivity index (χ1) is 11.8. The number of halogens is 1. The largest absolute Gasteiger partial charge is 0.489 e. The van der Waals surface area contributed by atoms with E-state index in [4.69, 9.17) is 25.8 Å². The minimum absolute atomic E-state index is 0.181. The highest BCUT2D eigenvalue weighted by Crippen LogP contribution is 2.23. The highest BCUT2D eigenvalue weighted by molar-refractivity contribution is 6.30. The molecule has 0 N–H and O–H groups in total. The molecule has 0 fully saturated rings. The molecule has 2 rings (SSSR count). The van der Waals surface area contributed by atoms with E-state index in [-0.39, 0.29) is 6.10 Å². The number of hydrogen-bond acceptors (Lipinski definition) is 4. The summed E-state index contributed by atoms with van der Waals surface area (Å²) < 4.78 is 16.7. The number of benzene rings is 2. The van der Waals surface area contributed by atoms with Crippen LogP contribution in [0.2, 0.25) is 5.02 Å². The summed E-state index contributed by atoms with van der Waals surface area (Å²) in [6.45, 7) is 7.43. The van der Waals surface area contributed by atoms with E-state index >= 15 is 0 Å². The molecule has 5 heteroatoms. The number of hydrogen-bond donors (Lipinski definition) is 0. The van der Waals surface area contributed by atoms with Crippen LogP contribution in [0.3, 0.4) is 0 Å². The Morgan fingerprint density at radius 3 is 2.12 bits per heavy atom. The Kier molecular flexibility index (Phi) is 6.32. The van der Waals surface area contributed by atoms with Gasteiger partial charge < -0.3 is 14.2 Å². The fourth-order valence-electron chi connectivity index (χ4n) is 2.04. The van der Waals surface area contributed by atoms with Crippen LogP contribution in [0.4, 0.5) is 0 Å². The van der Waals surface area contributed by atoms with Gasteiger partial charge in [-0.2, -0.15) is 0 Å². The zero-order valence-corrected chi connectivity index (χ0v) is 15.7. The summed E-state index contributed by atoms with van der Waals surface area (Å²) in [5.41, 5.74) is -0.0297. The van der Waals surface area contributed by atoms with Crippen LogP contribution in [0.15, 0.2) is 48.5 Å². The van der Waals surface area contributed by atoms with Gasteiger partial charge in [0.25, 0.3) is 0 Å². The van der Waals surface area contributed by atoms with Crippen molar-refractivity contribution in [2.75, 3.05) is 0 Å². The summed E-state index contributed by atoms with van der Waals surface area (Å²) in [5.74, 6) is 0.889. The van der Waals surface area contributed by atoms with Crippen LogP contribution < -0.4 is 9.47 Å². The molecule has 0 heterocycles. The number of rotatable bonds is 7. The first-order valence-corrected chi connectivity index (χ1v) is 8.51. The van der Waals surface area contributed by atoms with E-state index in [9.17, 15) is 4.79 Å². The highest BCUT2D eigenvalue weighted by Gasteiger charge is 2.32. The van der Waals surface area contributed by atoms with Gasteiger partial charge in [-0.25, -0.2) is 4.79 Å². The molecule has 0 saturated carbocycles. The number of esters is 1. The second kappa shape index (κ2) is 8.26. The predicted molar refractivity (Wildman–Crippen MR) is 98.2 cm³/mol. The molecule has 0 spiro atoms. The molecule has 0 aromatic heterocycles. The zero-order valence-electron chi connectivity index (χ0n) is 14.9. The van der Waals surface area contributed by atoms with Gasteiger partial charge in [-0.1, -0.05) is 23.7 Å². The SMILES string of the molecule is CC(C)OC(=O)C(C)(C)Oc1ccc(OCc2ccc(Cl)cc2)cc1. The minimum Gasteiger partial charge on any atom is -0.489 e. The number of carbonyl (C=O) groups excluding carboxylic acids is 1. The van der Waals surface area contributed by atoms with E-state index in [0.29, 0.717) is 23.1 Å². The van der Waals surface area contributed by atoms with Crippen molar-refractivity contribution < 1.29 is 19.0 Å². The molecular formula is C20H23ClO4. The van der Waals surface area contributed by atoms with Crippen LogP contribution in [0.5, 0.6) is 11.5 Å². The van der Waals surface area contributed by atoms with Crippen molar-refractivity contribution in [2.45, 2.75) is 46.0 Å². The van der Waals surface area contributed by atoms with Crippen molar-refractivity contribution in [1.29, 1.82) is 0 Å². The lowest BCUT2D eigenvalue weighted by Crippen LogP contribution is -2.40. The third-order valence-electron chi connectivity index (χ3n) is 3.35. The monoisotopic (exact) mass is 362 g/mol. The van der Waals surface area contributed by atoms with E-state index in [1.807, 2.05) is 24.3 Å². The summed E-state index contributed by atoms with van der Waals surface area (Å²) in [7, 11) is 0. The molecule has 0 aliphatic carbocycles. The first kappa shape index (κ1) is 19.1. The van der Waals surface area contributed by atoms with Crippen LogP contribution in [-0.2, 0) is 16.1 Å². The van der Waals surface area contributed by atoms with E-state index in [2.05, 4.69) is 0 Å². The Balaban J connectivity index is 1.92. The second-order valence-electron chi connectivity index (χ2n) is 6.45. The van der Waals surface area contributed by atoms with Crippen LogP contribution in [0.25, 0.3) is 0 Å². The van der Waals surface area contributed by atoms with Gasteiger partial charge in [0, 0.05) is 5.02 Å². The fraction of sp³-hybridized carbons (Fsp3) is 0.350. The molecule has 0 atom stereocenters. The maximum absolute atomic E-state index is 12.0. The van der Waals surface area contributed by atoms with Gasteiger partial charge in [-0.05, 0) is 69.7 Å². The zero-order chi connectivity index (χ0) is 18.4. The van der Waals surface area contributed by atoms with Gasteiger partial charge in [-0.3, -0.25) is 0 Å². The Labute approximate surface area is 153 Å². The second-order valence-corrected chi connectivity index (χ2v) is 6.89. The van der Waals surface area contributed by atoms with Crippen molar-refractivity contribution in [2.24, 2.45) is 0 Å². The van der Waals surface area contributed by atoms with Crippen LogP contribution in [-0.4, -0.2) is 17.7 Å². The van der Waals surface area contributed by atoms with E-state index < -0.39 is 11.6 Å².